The first-order valence-electron chi connectivity index (χ1n) is 8.26. The van der Waals surface area contributed by atoms with E-state index in [-0.39, 0.29) is 0 Å². The molecule has 0 amide bonds. The average Bonchev–Trinajstić information content (AvgIpc) is 2.55. The smallest absolute Gasteiger partial charge is 0.0886 e. The van der Waals surface area contributed by atoms with E-state index in [4.69, 9.17) is 0 Å². The van der Waals surface area contributed by atoms with Gasteiger partial charge in [0.2, 0.25) is 0 Å². The molecule has 2 rings (SSSR count). The molecule has 2 aromatic heterocycles. The van der Waals surface area contributed by atoms with Crippen LogP contribution in [0, 0.1) is 0 Å². The van der Waals surface area contributed by atoms with Crippen LogP contribution in [-0.4, -0.2) is 9.97 Å². The molecule has 0 N–H and O–H groups in total. The van der Waals surface area contributed by atoms with Gasteiger partial charge in [0.15, 0.2) is 0 Å². The summed E-state index contributed by atoms with van der Waals surface area (Å²) >= 11 is 0. The number of aromatic nitrogens is 2. The van der Waals surface area contributed by atoms with Crippen LogP contribution in [0.3, 0.4) is 0 Å². The molecule has 0 saturated heterocycles. The lowest BCUT2D eigenvalue weighted by Gasteiger charge is -2.04. The number of nitrogens with zero attached hydrogens (tertiary/aromatic N) is 2. The van der Waals surface area contributed by atoms with E-state index in [9.17, 15) is 0 Å². The number of hydrogen-bond donors (Lipinski definition) is 0. The van der Waals surface area contributed by atoms with Crippen LogP contribution in [0.15, 0.2) is 42.7 Å². The standard InChI is InChI=1S/C19H26N2/c1-2-3-4-5-6-7-8-11-17-13-14-19(21-16-17)18-12-9-10-15-20-18/h9-10,12-16H,2-8,11H2,1H3. The Hall–Kier alpha value is -1.70. The van der Waals surface area contributed by atoms with Gasteiger partial charge >= 0.3 is 0 Å². The molecule has 0 atom stereocenters. The van der Waals surface area contributed by atoms with Gasteiger partial charge in [-0.15, -0.1) is 0 Å². The molecule has 0 radical (unpaired) electrons. The molecule has 0 aliphatic rings. The first-order valence-corrected chi connectivity index (χ1v) is 8.26. The van der Waals surface area contributed by atoms with Crippen molar-refractivity contribution < 1.29 is 0 Å². The van der Waals surface area contributed by atoms with Crippen LogP contribution in [0.25, 0.3) is 11.4 Å². The van der Waals surface area contributed by atoms with Crippen molar-refractivity contribution in [3.63, 3.8) is 0 Å². The van der Waals surface area contributed by atoms with Gasteiger partial charge in [-0.25, -0.2) is 0 Å². The van der Waals surface area contributed by atoms with Crippen LogP contribution < -0.4 is 0 Å². The highest BCUT2D eigenvalue weighted by Crippen LogP contribution is 2.15. The molecule has 21 heavy (non-hydrogen) atoms. The van der Waals surface area contributed by atoms with Gasteiger partial charge < -0.3 is 0 Å². The molecule has 0 unspecified atom stereocenters. The first-order chi connectivity index (χ1) is 10.4. The minimum atomic E-state index is 0.944. The van der Waals surface area contributed by atoms with Crippen LogP contribution in [-0.2, 0) is 6.42 Å². The Morgan fingerprint density at radius 3 is 2.19 bits per heavy atom. The summed E-state index contributed by atoms with van der Waals surface area (Å²) in [5.74, 6) is 0. The van der Waals surface area contributed by atoms with Gasteiger partial charge in [-0.2, -0.15) is 0 Å². The van der Waals surface area contributed by atoms with Crippen molar-refractivity contribution in [2.24, 2.45) is 0 Å². The van der Waals surface area contributed by atoms with Crippen molar-refractivity contribution in [2.75, 3.05) is 0 Å². The van der Waals surface area contributed by atoms with E-state index in [1.54, 1.807) is 0 Å². The third kappa shape index (κ3) is 5.66. The molecule has 0 aromatic carbocycles. The zero-order chi connectivity index (χ0) is 14.8. The van der Waals surface area contributed by atoms with Crippen LogP contribution in [0.4, 0.5) is 0 Å². The summed E-state index contributed by atoms with van der Waals surface area (Å²) in [6.45, 7) is 2.27. The molecule has 0 fully saturated rings. The summed E-state index contributed by atoms with van der Waals surface area (Å²) in [5.41, 5.74) is 3.24. The van der Waals surface area contributed by atoms with Crippen LogP contribution in [0.1, 0.15) is 57.4 Å². The fourth-order valence-electron chi connectivity index (χ4n) is 2.52. The van der Waals surface area contributed by atoms with Crippen LogP contribution >= 0.6 is 0 Å². The Kier molecular flexibility index (Phi) is 6.93. The third-order valence-electron chi connectivity index (χ3n) is 3.82. The monoisotopic (exact) mass is 282 g/mol. The first kappa shape index (κ1) is 15.7. The second-order valence-electron chi connectivity index (χ2n) is 5.64. The van der Waals surface area contributed by atoms with Crippen LogP contribution in [0.5, 0.6) is 0 Å². The van der Waals surface area contributed by atoms with Crippen molar-refractivity contribution in [3.05, 3.63) is 48.3 Å². The topological polar surface area (TPSA) is 25.8 Å². The number of hydrogen-bond acceptors (Lipinski definition) is 2. The molecule has 2 heteroatoms. The van der Waals surface area contributed by atoms with Gasteiger partial charge in [-0.1, -0.05) is 57.6 Å². The van der Waals surface area contributed by atoms with Gasteiger partial charge in [0.05, 0.1) is 11.4 Å². The molecular formula is C19H26N2. The fraction of sp³-hybridized carbons (Fsp3) is 0.474. The summed E-state index contributed by atoms with van der Waals surface area (Å²) < 4.78 is 0. The zero-order valence-corrected chi connectivity index (χ0v) is 13.1. The fourth-order valence-corrected chi connectivity index (χ4v) is 2.52. The molecule has 0 bridgehead atoms. The van der Waals surface area contributed by atoms with E-state index in [2.05, 4.69) is 29.0 Å². The van der Waals surface area contributed by atoms with Crippen molar-refractivity contribution >= 4 is 0 Å². The molecule has 2 aromatic rings. The maximum absolute atomic E-state index is 4.53. The van der Waals surface area contributed by atoms with E-state index in [1.165, 1.54) is 50.5 Å². The number of pyridine rings is 2. The third-order valence-corrected chi connectivity index (χ3v) is 3.82. The quantitative estimate of drug-likeness (QED) is 0.572. The Labute approximate surface area is 128 Å². The van der Waals surface area contributed by atoms with Gasteiger partial charge in [-0.05, 0) is 36.6 Å². The second kappa shape index (κ2) is 9.28. The summed E-state index contributed by atoms with van der Waals surface area (Å²) in [6.07, 6.45) is 14.4. The van der Waals surface area contributed by atoms with Gasteiger partial charge in [0.1, 0.15) is 0 Å². The lowest BCUT2D eigenvalue weighted by Crippen LogP contribution is -1.91. The zero-order valence-electron chi connectivity index (χ0n) is 13.1. The van der Waals surface area contributed by atoms with Gasteiger partial charge in [0, 0.05) is 12.4 Å². The molecule has 0 aliphatic heterocycles. The molecule has 0 aliphatic carbocycles. The Morgan fingerprint density at radius 2 is 1.52 bits per heavy atom. The summed E-state index contributed by atoms with van der Waals surface area (Å²) in [4.78, 5) is 8.85. The molecule has 0 spiro atoms. The van der Waals surface area contributed by atoms with Crippen molar-refractivity contribution in [2.45, 2.75) is 58.3 Å². The lowest BCUT2D eigenvalue weighted by molar-refractivity contribution is 0.589. The van der Waals surface area contributed by atoms with E-state index >= 15 is 0 Å². The van der Waals surface area contributed by atoms with Gasteiger partial charge in [-0.3, -0.25) is 9.97 Å². The largest absolute Gasteiger partial charge is 0.255 e. The predicted molar refractivity (Wildman–Crippen MR) is 89.2 cm³/mol. The van der Waals surface area contributed by atoms with E-state index in [0.29, 0.717) is 0 Å². The number of unbranched alkanes of at least 4 members (excludes halogenated alkanes) is 6. The van der Waals surface area contributed by atoms with Crippen molar-refractivity contribution in [1.29, 1.82) is 0 Å². The maximum Gasteiger partial charge on any atom is 0.0886 e. The molecular weight excluding hydrogens is 256 g/mol. The Morgan fingerprint density at radius 1 is 0.762 bits per heavy atom. The SMILES string of the molecule is CCCCCCCCCc1ccc(-c2ccccn2)nc1. The van der Waals surface area contributed by atoms with Crippen molar-refractivity contribution in [3.8, 4) is 11.4 Å². The normalized spacial score (nSPS) is 10.7. The minimum absolute atomic E-state index is 0.944. The van der Waals surface area contributed by atoms with Gasteiger partial charge in [0.25, 0.3) is 0 Å². The highest BCUT2D eigenvalue weighted by Gasteiger charge is 2.00. The molecule has 2 nitrogen and oxygen atoms in total. The van der Waals surface area contributed by atoms with Crippen LogP contribution in [0.2, 0.25) is 0 Å². The summed E-state index contributed by atoms with van der Waals surface area (Å²) in [6, 6.07) is 10.2. The summed E-state index contributed by atoms with van der Waals surface area (Å²) in [7, 11) is 0. The van der Waals surface area contributed by atoms with E-state index < -0.39 is 0 Å². The average molecular weight is 282 g/mol. The second-order valence-corrected chi connectivity index (χ2v) is 5.64. The van der Waals surface area contributed by atoms with E-state index in [1.807, 2.05) is 30.6 Å². The Balaban J connectivity index is 1.71. The van der Waals surface area contributed by atoms with Crippen molar-refractivity contribution in [1.82, 2.24) is 9.97 Å². The highest BCUT2D eigenvalue weighted by atomic mass is 14.8. The highest BCUT2D eigenvalue weighted by molar-refractivity contribution is 5.53. The minimum Gasteiger partial charge on any atom is -0.255 e. The Bertz CT molecular complexity index is 491. The predicted octanol–water partition coefficient (Wildman–Crippen LogP) is 5.44. The molecule has 2 heterocycles. The number of rotatable bonds is 9. The van der Waals surface area contributed by atoms with E-state index in [0.717, 1.165) is 17.8 Å². The summed E-state index contributed by atoms with van der Waals surface area (Å²) in [5, 5.41) is 0. The molecule has 112 valence electrons. The maximum atomic E-state index is 4.53. The molecule has 0 saturated carbocycles. The lowest BCUT2D eigenvalue weighted by atomic mass is 10.1. The number of aryl methyl sites for hydroxylation is 1.